The Hall–Kier alpha value is -2.81. The van der Waals surface area contributed by atoms with Gasteiger partial charge in [0.25, 0.3) is 11.7 Å². The van der Waals surface area contributed by atoms with E-state index in [-0.39, 0.29) is 56.5 Å². The lowest BCUT2D eigenvalue weighted by atomic mass is 9.81. The van der Waals surface area contributed by atoms with Crippen LogP contribution in [-0.4, -0.2) is 121 Å². The van der Waals surface area contributed by atoms with Gasteiger partial charge in [0, 0.05) is 58.5 Å². The Balaban J connectivity index is 1.80. The number of esters is 1. The smallest absolute Gasteiger partial charge is 0.329 e. The summed E-state index contributed by atoms with van der Waals surface area (Å²) in [4.78, 5) is 57.7. The minimum atomic E-state index is -2.54. The first kappa shape index (κ1) is 46.9. The molecular weight excluding hydrogens is 737 g/mol. The van der Waals surface area contributed by atoms with E-state index < -0.39 is 83.4 Å². The minimum absolute atomic E-state index is 0.00814. The number of carbonyl (C=O) groups is 4. The van der Waals surface area contributed by atoms with Crippen LogP contribution in [0.4, 0.5) is 4.39 Å². The highest BCUT2D eigenvalue weighted by Crippen LogP contribution is 2.40. The number of alkyl halides is 1. The third-order valence-corrected chi connectivity index (χ3v) is 12.8. The molecule has 0 aromatic rings. The first-order valence-electron chi connectivity index (χ1n) is 20.8. The molecule has 12 nitrogen and oxygen atoms in total. The molecule has 322 valence electrons. The van der Waals surface area contributed by atoms with Crippen molar-refractivity contribution in [2.75, 3.05) is 27.9 Å². The monoisotopic (exact) mass is 805 g/mol. The number of cyclic esters (lactones) is 1. The number of amides is 1. The van der Waals surface area contributed by atoms with Gasteiger partial charge in [-0.2, -0.15) is 0 Å². The lowest BCUT2D eigenvalue weighted by Gasteiger charge is -2.47. The number of hydrogen-bond acceptors (Lipinski definition) is 11. The van der Waals surface area contributed by atoms with E-state index in [1.54, 1.807) is 34.0 Å². The molecule has 13 atom stereocenters. The molecule has 2 saturated heterocycles. The van der Waals surface area contributed by atoms with Crippen LogP contribution in [0.3, 0.4) is 0 Å². The molecule has 3 fully saturated rings. The van der Waals surface area contributed by atoms with Crippen LogP contribution in [0.5, 0.6) is 0 Å². The summed E-state index contributed by atoms with van der Waals surface area (Å²) in [5, 5.41) is 23.7. The maximum atomic E-state index is 16.4. The molecule has 0 aromatic carbocycles. The average Bonchev–Trinajstić information content (AvgIpc) is 3.18. The molecule has 0 spiro atoms. The van der Waals surface area contributed by atoms with Crippen molar-refractivity contribution >= 4 is 23.4 Å². The molecule has 1 saturated carbocycles. The first-order valence-corrected chi connectivity index (χ1v) is 20.8. The maximum absolute atomic E-state index is 16.4. The quantitative estimate of drug-likeness (QED) is 0.183. The standard InChI is InChI=1S/C44H68FNO11/c1-10-14-31-20-26(2)19-27(3)21-36(54-8)39-37(55-9)22-29(5)44(52,57-39)40(49)41(50)46-18-12-11-16-33(46)42(51)56-38(30(6)34(47)23-35(31)48)28(4)24-43(45)17-13-15-32(25-43)53-7/h10,20,24,27,29-34,36-39,47,52H,1,11-19,21-23,25H2,2-9H3. The Morgan fingerprint density at radius 2 is 1.70 bits per heavy atom. The summed E-state index contributed by atoms with van der Waals surface area (Å²) < 4.78 is 46.0. The predicted molar refractivity (Wildman–Crippen MR) is 212 cm³/mol. The summed E-state index contributed by atoms with van der Waals surface area (Å²) in [6.07, 6.45) is 4.30. The molecule has 4 rings (SSSR count). The van der Waals surface area contributed by atoms with Gasteiger partial charge in [0.2, 0.25) is 5.79 Å². The van der Waals surface area contributed by atoms with E-state index in [4.69, 9.17) is 23.7 Å². The van der Waals surface area contributed by atoms with Crippen molar-refractivity contribution in [1.29, 1.82) is 0 Å². The highest BCUT2D eigenvalue weighted by Gasteiger charge is 2.56. The highest BCUT2D eigenvalue weighted by atomic mass is 19.1. The van der Waals surface area contributed by atoms with Crippen molar-refractivity contribution < 1.29 is 57.5 Å². The SMILES string of the molecule is C=CCC1C=C(C)CC(C)CC(OC)C2OC(O)(C(=O)C(=O)N3CCCCC3C(=O)OC(C(C)=CC3(F)CCCC(OC)C3)C(C)C(O)CC1=O)C(C)CC2OC. The molecule has 3 heterocycles. The summed E-state index contributed by atoms with van der Waals surface area (Å²) >= 11 is 0. The van der Waals surface area contributed by atoms with Gasteiger partial charge in [0.05, 0.1) is 24.4 Å². The average molecular weight is 806 g/mol. The minimum Gasteiger partial charge on any atom is -0.456 e. The summed E-state index contributed by atoms with van der Waals surface area (Å²) in [6.45, 7) is 12.8. The number of allylic oxidation sites excluding steroid dienone is 4. The number of rotatable bonds is 7. The van der Waals surface area contributed by atoms with E-state index in [1.165, 1.54) is 20.3 Å². The second kappa shape index (κ2) is 20.4. The van der Waals surface area contributed by atoms with Gasteiger partial charge in [-0.15, -0.1) is 6.58 Å². The lowest BCUT2D eigenvalue weighted by molar-refractivity contribution is -0.302. The Bertz CT molecular complexity index is 1500. The Labute approximate surface area is 338 Å². The number of Topliss-reactive ketones (excluding diaryl/α,β-unsaturated/α-hetero) is 2. The molecule has 0 aromatic heterocycles. The molecular formula is C44H68FNO11. The van der Waals surface area contributed by atoms with E-state index in [9.17, 15) is 29.4 Å². The number of ether oxygens (including phenoxy) is 5. The third-order valence-electron chi connectivity index (χ3n) is 12.8. The van der Waals surface area contributed by atoms with Gasteiger partial charge < -0.3 is 38.8 Å². The summed E-state index contributed by atoms with van der Waals surface area (Å²) in [5.41, 5.74) is -0.483. The predicted octanol–water partition coefficient (Wildman–Crippen LogP) is 5.76. The fourth-order valence-electron chi connectivity index (χ4n) is 9.44. The Kier molecular flexibility index (Phi) is 16.8. The van der Waals surface area contributed by atoms with Crippen molar-refractivity contribution in [1.82, 2.24) is 4.90 Å². The number of aliphatic hydroxyl groups excluding tert-OH is 1. The zero-order valence-corrected chi connectivity index (χ0v) is 35.4. The van der Waals surface area contributed by atoms with Gasteiger partial charge in [-0.05, 0) is 95.6 Å². The number of carbonyl (C=O) groups excluding carboxylic acids is 4. The second-order valence-electron chi connectivity index (χ2n) is 17.3. The molecule has 0 radical (unpaired) electrons. The van der Waals surface area contributed by atoms with Crippen molar-refractivity contribution in [2.24, 2.45) is 23.7 Å². The molecule has 1 amide bonds. The van der Waals surface area contributed by atoms with Crippen molar-refractivity contribution in [3.63, 3.8) is 0 Å². The molecule has 13 unspecified atom stereocenters. The van der Waals surface area contributed by atoms with Crippen molar-refractivity contribution in [3.8, 4) is 0 Å². The number of fused-ring (bicyclic) bond motifs is 3. The van der Waals surface area contributed by atoms with Crippen LogP contribution in [0, 0.1) is 23.7 Å². The Morgan fingerprint density at radius 1 is 1.02 bits per heavy atom. The van der Waals surface area contributed by atoms with Gasteiger partial charge in [-0.3, -0.25) is 14.4 Å². The molecule has 1 aliphatic carbocycles. The van der Waals surface area contributed by atoms with Crippen LogP contribution in [0.15, 0.2) is 36.0 Å². The van der Waals surface area contributed by atoms with E-state index in [0.717, 1.165) is 10.5 Å². The van der Waals surface area contributed by atoms with Crippen LogP contribution in [0.25, 0.3) is 0 Å². The number of methoxy groups -OCH3 is 3. The molecule has 2 N–H and O–H groups in total. The topological polar surface area (TPSA) is 158 Å². The number of hydrogen-bond donors (Lipinski definition) is 2. The van der Waals surface area contributed by atoms with Gasteiger partial charge >= 0.3 is 5.97 Å². The van der Waals surface area contributed by atoms with E-state index >= 15 is 4.39 Å². The fraction of sp³-hybridized carbons (Fsp3) is 0.773. The molecule has 2 bridgehead atoms. The van der Waals surface area contributed by atoms with Crippen molar-refractivity contribution in [3.05, 3.63) is 36.0 Å². The molecule has 4 aliphatic rings. The Morgan fingerprint density at radius 3 is 2.35 bits per heavy atom. The van der Waals surface area contributed by atoms with Crippen LogP contribution >= 0.6 is 0 Å². The van der Waals surface area contributed by atoms with Gasteiger partial charge in [0.15, 0.2) is 0 Å². The molecule has 57 heavy (non-hydrogen) atoms. The highest BCUT2D eigenvalue weighted by molar-refractivity contribution is 6.39. The number of aliphatic hydroxyl groups is 2. The van der Waals surface area contributed by atoms with Crippen molar-refractivity contribution in [2.45, 2.75) is 166 Å². The van der Waals surface area contributed by atoms with Gasteiger partial charge in [-0.1, -0.05) is 38.5 Å². The normalized spacial score (nSPS) is 40.1. The maximum Gasteiger partial charge on any atom is 0.329 e. The third kappa shape index (κ3) is 11.3. The van der Waals surface area contributed by atoms with Crippen LogP contribution in [0.1, 0.15) is 112 Å². The van der Waals surface area contributed by atoms with Crippen LogP contribution < -0.4 is 0 Å². The molecule has 13 heteroatoms. The number of piperidine rings is 1. The zero-order valence-electron chi connectivity index (χ0n) is 35.4. The summed E-state index contributed by atoms with van der Waals surface area (Å²) in [6, 6.07) is -1.21. The van der Waals surface area contributed by atoms with Gasteiger partial charge in [0.1, 0.15) is 29.7 Å². The largest absolute Gasteiger partial charge is 0.456 e. The van der Waals surface area contributed by atoms with Crippen LogP contribution in [-0.2, 0) is 42.9 Å². The van der Waals surface area contributed by atoms with Gasteiger partial charge in [-0.25, -0.2) is 9.18 Å². The summed E-state index contributed by atoms with van der Waals surface area (Å²) in [7, 11) is 4.58. The summed E-state index contributed by atoms with van der Waals surface area (Å²) in [5.74, 6) is -8.18. The molecule has 3 aliphatic heterocycles. The van der Waals surface area contributed by atoms with E-state index in [0.29, 0.717) is 50.5 Å². The second-order valence-corrected chi connectivity index (χ2v) is 17.3. The van der Waals surface area contributed by atoms with E-state index in [1.807, 2.05) is 19.9 Å². The fourth-order valence-corrected chi connectivity index (χ4v) is 9.44. The lowest BCUT2D eigenvalue weighted by Crippen LogP contribution is -2.64. The van der Waals surface area contributed by atoms with Crippen LogP contribution in [0.2, 0.25) is 0 Å². The van der Waals surface area contributed by atoms with E-state index in [2.05, 4.69) is 6.58 Å². The number of halogens is 1. The first-order chi connectivity index (χ1) is 26.9. The number of ketones is 2. The zero-order chi connectivity index (χ0) is 42.2. The number of nitrogens with zero attached hydrogens (tertiary/aromatic N) is 1.